The molecule has 1 aliphatic rings. The van der Waals surface area contributed by atoms with Gasteiger partial charge in [0.15, 0.2) is 11.6 Å². The van der Waals surface area contributed by atoms with Crippen molar-refractivity contribution in [1.82, 2.24) is 4.98 Å². The lowest BCUT2D eigenvalue weighted by Crippen LogP contribution is -2.29. The Hall–Kier alpha value is -2.05. The van der Waals surface area contributed by atoms with Crippen LogP contribution in [0.3, 0.4) is 0 Å². The number of rotatable bonds is 3. The molecule has 0 saturated carbocycles. The summed E-state index contributed by atoms with van der Waals surface area (Å²) in [6.07, 6.45) is 1.49. The van der Waals surface area contributed by atoms with Gasteiger partial charge in [0.2, 0.25) is 0 Å². The topological polar surface area (TPSA) is 59.4 Å². The van der Waals surface area contributed by atoms with Gasteiger partial charge in [-0.1, -0.05) is 18.2 Å². The molecule has 0 atom stereocenters. The summed E-state index contributed by atoms with van der Waals surface area (Å²) in [7, 11) is -1.01. The smallest absolute Gasteiger partial charge is 0.423 e. The van der Waals surface area contributed by atoms with Gasteiger partial charge in [-0.3, -0.25) is 4.79 Å². The predicted molar refractivity (Wildman–Crippen MR) is 85.1 cm³/mol. The van der Waals surface area contributed by atoms with Crippen LogP contribution in [0.15, 0.2) is 30.5 Å². The fraction of sp³-hybridized carbons (Fsp3) is 0.294. The van der Waals surface area contributed by atoms with Crippen LogP contribution in [-0.2, 0) is 16.7 Å². The third-order valence-electron chi connectivity index (χ3n) is 4.04. The van der Waals surface area contributed by atoms with Gasteiger partial charge in [0.25, 0.3) is 0 Å². The third-order valence-corrected chi connectivity index (χ3v) is 4.04. The van der Waals surface area contributed by atoms with Crippen molar-refractivity contribution in [2.24, 2.45) is 0 Å². The molecular weight excluding hydrogens is 296 g/mol. The van der Waals surface area contributed by atoms with E-state index in [0.29, 0.717) is 16.6 Å². The van der Waals surface area contributed by atoms with Crippen molar-refractivity contribution >= 4 is 18.4 Å². The monoisotopic (exact) mass is 313 g/mol. The predicted octanol–water partition coefficient (Wildman–Crippen LogP) is 1.91. The normalized spacial score (nSPS) is 15.6. The van der Waals surface area contributed by atoms with Crippen LogP contribution >= 0.6 is 0 Å². The van der Waals surface area contributed by atoms with Crippen LogP contribution in [0.4, 0.5) is 4.39 Å². The quantitative estimate of drug-likeness (QED) is 0.695. The zero-order valence-electron chi connectivity index (χ0n) is 13.3. The number of halogens is 1. The molecule has 2 aromatic rings. The molecule has 0 spiro atoms. The van der Waals surface area contributed by atoms with Crippen LogP contribution in [0.5, 0.6) is 0 Å². The Morgan fingerprint density at radius 2 is 2.13 bits per heavy atom. The molecule has 0 amide bonds. The van der Waals surface area contributed by atoms with Crippen molar-refractivity contribution in [1.29, 1.82) is 0 Å². The maximum absolute atomic E-state index is 13.8. The molecule has 0 radical (unpaired) electrons. The van der Waals surface area contributed by atoms with E-state index < -0.39 is 24.3 Å². The highest BCUT2D eigenvalue weighted by Crippen LogP contribution is 2.30. The molecule has 118 valence electrons. The Balaban J connectivity index is 1.87. The number of Topliss-reactive ketones (excluding diaryl/α,β-unsaturated/α-hetero) is 1. The summed E-state index contributed by atoms with van der Waals surface area (Å²) < 4.78 is 19.3. The van der Waals surface area contributed by atoms with E-state index in [0.717, 1.165) is 5.56 Å². The maximum Gasteiger partial charge on any atom is 0.492 e. The van der Waals surface area contributed by atoms with E-state index in [2.05, 4.69) is 4.98 Å². The highest BCUT2D eigenvalue weighted by Gasteiger charge is 2.40. The van der Waals surface area contributed by atoms with Gasteiger partial charge in [0.1, 0.15) is 5.69 Å². The van der Waals surface area contributed by atoms with Gasteiger partial charge in [0, 0.05) is 12.6 Å². The SMILES string of the molecule is Cc1cnc(C(=O)Cc2ccc3c(c2)B(O)OC3(C)C)c(F)c1. The van der Waals surface area contributed by atoms with Crippen LogP contribution in [0.1, 0.15) is 41.0 Å². The fourth-order valence-electron chi connectivity index (χ4n) is 2.89. The van der Waals surface area contributed by atoms with Crippen molar-refractivity contribution < 1.29 is 18.9 Å². The number of carbonyl (C=O) groups excluding carboxylic acids is 1. The van der Waals surface area contributed by atoms with Crippen molar-refractivity contribution in [3.63, 3.8) is 0 Å². The number of benzene rings is 1. The van der Waals surface area contributed by atoms with Crippen LogP contribution in [0.2, 0.25) is 0 Å². The second-order valence-electron chi connectivity index (χ2n) is 6.35. The van der Waals surface area contributed by atoms with Crippen molar-refractivity contribution in [3.05, 3.63) is 58.7 Å². The van der Waals surface area contributed by atoms with Crippen molar-refractivity contribution in [2.45, 2.75) is 32.8 Å². The number of carbonyl (C=O) groups is 1. The second kappa shape index (κ2) is 5.55. The zero-order chi connectivity index (χ0) is 16.8. The number of aryl methyl sites for hydroxylation is 1. The number of ketones is 1. The van der Waals surface area contributed by atoms with Gasteiger partial charge in [-0.05, 0) is 49.0 Å². The minimum absolute atomic E-state index is 0.0212. The summed E-state index contributed by atoms with van der Waals surface area (Å²) in [6.45, 7) is 5.46. The number of hydrogen-bond acceptors (Lipinski definition) is 4. The van der Waals surface area contributed by atoms with E-state index >= 15 is 0 Å². The highest BCUT2D eigenvalue weighted by atomic mass is 19.1. The lowest BCUT2D eigenvalue weighted by molar-refractivity contribution is 0.0982. The Morgan fingerprint density at radius 3 is 2.83 bits per heavy atom. The number of fused-ring (bicyclic) bond motifs is 1. The summed E-state index contributed by atoms with van der Waals surface area (Å²) in [4.78, 5) is 16.1. The molecule has 2 heterocycles. The maximum atomic E-state index is 13.8. The summed E-state index contributed by atoms with van der Waals surface area (Å²) >= 11 is 0. The Bertz CT molecular complexity index is 791. The van der Waals surface area contributed by atoms with E-state index in [-0.39, 0.29) is 12.1 Å². The molecule has 0 fully saturated rings. The van der Waals surface area contributed by atoms with E-state index in [1.807, 2.05) is 19.9 Å². The Morgan fingerprint density at radius 1 is 1.39 bits per heavy atom. The molecule has 1 N–H and O–H groups in total. The van der Waals surface area contributed by atoms with Crippen molar-refractivity contribution in [3.8, 4) is 0 Å². The zero-order valence-corrected chi connectivity index (χ0v) is 13.3. The molecule has 1 aromatic heterocycles. The first-order valence-corrected chi connectivity index (χ1v) is 7.42. The molecule has 4 nitrogen and oxygen atoms in total. The van der Waals surface area contributed by atoms with Gasteiger partial charge in [-0.2, -0.15) is 0 Å². The summed E-state index contributed by atoms with van der Waals surface area (Å²) in [5.41, 5.74) is 2.17. The van der Waals surface area contributed by atoms with Crippen LogP contribution in [0.25, 0.3) is 0 Å². The minimum Gasteiger partial charge on any atom is -0.423 e. The van der Waals surface area contributed by atoms with Gasteiger partial charge in [-0.25, -0.2) is 9.37 Å². The first-order chi connectivity index (χ1) is 10.8. The lowest BCUT2D eigenvalue weighted by Gasteiger charge is -2.19. The van der Waals surface area contributed by atoms with Crippen LogP contribution < -0.4 is 5.46 Å². The average Bonchev–Trinajstić information content (AvgIpc) is 2.68. The standard InChI is InChI=1S/C17H17BFNO3/c1-10-6-14(19)16(20-9-10)15(21)8-11-4-5-12-13(7-11)18(22)23-17(12,2)3/h4-7,9,22H,8H2,1-3H3. The molecule has 23 heavy (non-hydrogen) atoms. The molecule has 0 saturated heterocycles. The van der Waals surface area contributed by atoms with Gasteiger partial charge in [-0.15, -0.1) is 0 Å². The van der Waals surface area contributed by atoms with Gasteiger partial charge < -0.3 is 9.68 Å². The van der Waals surface area contributed by atoms with Crippen LogP contribution in [0, 0.1) is 12.7 Å². The minimum atomic E-state index is -1.01. The Kier molecular flexibility index (Phi) is 3.82. The summed E-state index contributed by atoms with van der Waals surface area (Å²) in [5, 5.41) is 9.99. The summed E-state index contributed by atoms with van der Waals surface area (Å²) in [5.74, 6) is -1.00. The number of aromatic nitrogens is 1. The number of pyridine rings is 1. The van der Waals surface area contributed by atoms with Gasteiger partial charge >= 0.3 is 7.12 Å². The first kappa shape index (κ1) is 15.8. The molecular formula is C17H17BFNO3. The molecule has 1 aliphatic heterocycles. The molecule has 0 aliphatic carbocycles. The molecule has 6 heteroatoms. The number of hydrogen-bond donors (Lipinski definition) is 1. The first-order valence-electron chi connectivity index (χ1n) is 7.42. The second-order valence-corrected chi connectivity index (χ2v) is 6.35. The van der Waals surface area contributed by atoms with E-state index in [1.165, 1.54) is 12.3 Å². The number of nitrogens with zero attached hydrogens (tertiary/aromatic N) is 1. The summed E-state index contributed by atoms with van der Waals surface area (Å²) in [6, 6.07) is 6.67. The molecule has 1 aromatic carbocycles. The van der Waals surface area contributed by atoms with Crippen molar-refractivity contribution in [2.75, 3.05) is 0 Å². The fourth-order valence-corrected chi connectivity index (χ4v) is 2.89. The molecule has 0 bridgehead atoms. The highest BCUT2D eigenvalue weighted by molar-refractivity contribution is 6.62. The van der Waals surface area contributed by atoms with E-state index in [1.54, 1.807) is 19.1 Å². The van der Waals surface area contributed by atoms with Gasteiger partial charge in [0.05, 0.1) is 5.60 Å². The molecule has 3 rings (SSSR count). The average molecular weight is 313 g/mol. The van der Waals surface area contributed by atoms with Crippen LogP contribution in [-0.4, -0.2) is 22.9 Å². The lowest BCUT2D eigenvalue weighted by atomic mass is 9.77. The molecule has 0 unspecified atom stereocenters. The van der Waals surface area contributed by atoms with E-state index in [4.69, 9.17) is 4.65 Å². The largest absolute Gasteiger partial charge is 0.492 e. The van der Waals surface area contributed by atoms with E-state index in [9.17, 15) is 14.2 Å². The third kappa shape index (κ3) is 2.92. The Labute approximate surface area is 134 Å².